The van der Waals surface area contributed by atoms with Gasteiger partial charge in [0, 0.05) is 5.41 Å². The fourth-order valence-corrected chi connectivity index (χ4v) is 1.62. The molecule has 1 aromatic heterocycles. The number of oxazole rings is 1. The number of carbonyl (C=O) groups is 1. The van der Waals surface area contributed by atoms with Crippen molar-refractivity contribution in [3.8, 4) is 0 Å². The Hall–Kier alpha value is -1.32. The van der Waals surface area contributed by atoms with E-state index in [1.165, 1.54) is 0 Å². The summed E-state index contributed by atoms with van der Waals surface area (Å²) in [5, 5.41) is 2.82. The van der Waals surface area contributed by atoms with Crippen LogP contribution in [0.1, 0.15) is 56.8 Å². The average molecular weight is 208 g/mol. The predicted molar refractivity (Wildman–Crippen MR) is 55.7 cm³/mol. The summed E-state index contributed by atoms with van der Waals surface area (Å²) in [7, 11) is 0. The van der Waals surface area contributed by atoms with Crippen LogP contribution in [0, 0.1) is 0 Å². The van der Waals surface area contributed by atoms with Gasteiger partial charge in [-0.05, 0) is 13.8 Å². The van der Waals surface area contributed by atoms with Gasteiger partial charge in [0.1, 0.15) is 0 Å². The molecule has 0 saturated heterocycles. The van der Waals surface area contributed by atoms with Crippen molar-refractivity contribution in [3.05, 3.63) is 17.3 Å². The van der Waals surface area contributed by atoms with Gasteiger partial charge in [-0.3, -0.25) is 4.79 Å². The molecule has 0 bridgehead atoms. The number of aromatic nitrogens is 1. The summed E-state index contributed by atoms with van der Waals surface area (Å²) in [4.78, 5) is 15.8. The van der Waals surface area contributed by atoms with Gasteiger partial charge in [-0.2, -0.15) is 0 Å². The lowest BCUT2D eigenvalue weighted by Gasteiger charge is -2.18. The van der Waals surface area contributed by atoms with E-state index in [-0.39, 0.29) is 11.3 Å². The summed E-state index contributed by atoms with van der Waals surface area (Å²) in [5.41, 5.74) is -0.172. The normalized spacial score (nSPS) is 18.9. The van der Waals surface area contributed by atoms with Crippen LogP contribution in [0.25, 0.3) is 0 Å². The lowest BCUT2D eigenvalue weighted by Crippen LogP contribution is -2.33. The topological polar surface area (TPSA) is 55.1 Å². The summed E-state index contributed by atoms with van der Waals surface area (Å²) >= 11 is 0. The minimum absolute atomic E-state index is 0.144. The van der Waals surface area contributed by atoms with E-state index in [0.29, 0.717) is 17.3 Å². The highest BCUT2D eigenvalue weighted by Gasteiger charge is 2.42. The minimum Gasteiger partial charge on any atom is -0.442 e. The van der Waals surface area contributed by atoms with Gasteiger partial charge < -0.3 is 9.73 Å². The Morgan fingerprint density at radius 2 is 1.93 bits per heavy atom. The van der Waals surface area contributed by atoms with Crippen molar-refractivity contribution in [2.24, 2.45) is 0 Å². The Bertz CT molecular complexity index is 424. The number of carbonyl (C=O) groups excluding carboxylic acids is 1. The molecule has 1 aliphatic rings. The molecule has 0 spiro atoms. The molecule has 2 heterocycles. The Labute approximate surface area is 89.1 Å². The Morgan fingerprint density at radius 3 is 2.40 bits per heavy atom. The first-order valence-electron chi connectivity index (χ1n) is 5.06. The molecule has 0 aliphatic carbocycles. The number of nitrogens with zero attached hydrogens (tertiary/aromatic N) is 1. The first-order chi connectivity index (χ1) is 6.72. The summed E-state index contributed by atoms with van der Waals surface area (Å²) in [6.07, 6.45) is 0. The maximum atomic E-state index is 11.6. The van der Waals surface area contributed by atoms with E-state index in [1.807, 2.05) is 34.6 Å². The lowest BCUT2D eigenvalue weighted by molar-refractivity contribution is 0.0931. The molecular weight excluding hydrogens is 192 g/mol. The van der Waals surface area contributed by atoms with Crippen LogP contribution >= 0.6 is 0 Å². The van der Waals surface area contributed by atoms with Crippen LogP contribution in [0.15, 0.2) is 4.42 Å². The molecule has 2 rings (SSSR count). The molecular formula is C11H16N2O2. The molecule has 82 valence electrons. The molecule has 1 amide bonds. The molecule has 0 atom stereocenters. The quantitative estimate of drug-likeness (QED) is 0.709. The molecule has 15 heavy (non-hydrogen) atoms. The second-order valence-corrected chi connectivity index (χ2v) is 5.53. The van der Waals surface area contributed by atoms with Crippen LogP contribution in [-0.2, 0) is 11.0 Å². The molecule has 0 unspecified atom stereocenters. The minimum atomic E-state index is -0.442. The second-order valence-electron chi connectivity index (χ2n) is 5.53. The van der Waals surface area contributed by atoms with Gasteiger partial charge in [-0.1, -0.05) is 20.8 Å². The molecule has 0 aromatic carbocycles. The van der Waals surface area contributed by atoms with Crippen LogP contribution < -0.4 is 5.32 Å². The fourth-order valence-electron chi connectivity index (χ4n) is 1.62. The van der Waals surface area contributed by atoms with Crippen LogP contribution in [-0.4, -0.2) is 10.9 Å². The SMILES string of the molecule is CC(C)(C)c1nc2c(o1)C(C)(C)NC2=O. The summed E-state index contributed by atoms with van der Waals surface area (Å²) in [5.74, 6) is 1.13. The van der Waals surface area contributed by atoms with Crippen molar-refractivity contribution in [2.75, 3.05) is 0 Å². The summed E-state index contributed by atoms with van der Waals surface area (Å²) < 4.78 is 5.68. The molecule has 4 heteroatoms. The Morgan fingerprint density at radius 1 is 1.33 bits per heavy atom. The van der Waals surface area contributed by atoms with E-state index in [2.05, 4.69) is 10.3 Å². The zero-order valence-corrected chi connectivity index (χ0v) is 9.76. The van der Waals surface area contributed by atoms with Crippen LogP contribution in [0.5, 0.6) is 0 Å². The Kier molecular flexibility index (Phi) is 1.78. The van der Waals surface area contributed by atoms with Gasteiger partial charge in [0.05, 0.1) is 5.54 Å². The maximum Gasteiger partial charge on any atom is 0.274 e. The van der Waals surface area contributed by atoms with Gasteiger partial charge in [-0.25, -0.2) is 4.98 Å². The highest BCUT2D eigenvalue weighted by Crippen LogP contribution is 2.34. The highest BCUT2D eigenvalue weighted by molar-refractivity contribution is 5.97. The molecule has 0 radical (unpaired) electrons. The number of nitrogens with one attached hydrogen (secondary N) is 1. The lowest BCUT2D eigenvalue weighted by atomic mass is 9.97. The van der Waals surface area contributed by atoms with E-state index in [0.717, 1.165) is 0 Å². The molecule has 0 saturated carbocycles. The standard InChI is InChI=1S/C11H16N2O2/c1-10(2,3)9-12-6-7(15-9)11(4,5)13-8(6)14/h1-5H3,(H,13,14). The zero-order chi connectivity index (χ0) is 11.4. The monoisotopic (exact) mass is 208 g/mol. The van der Waals surface area contributed by atoms with Crippen molar-refractivity contribution in [2.45, 2.75) is 45.6 Å². The molecule has 4 nitrogen and oxygen atoms in total. The van der Waals surface area contributed by atoms with Gasteiger partial charge in [0.25, 0.3) is 5.91 Å². The molecule has 1 aromatic rings. The van der Waals surface area contributed by atoms with Crippen molar-refractivity contribution >= 4 is 5.91 Å². The summed E-state index contributed by atoms with van der Waals surface area (Å²) in [6, 6.07) is 0. The van der Waals surface area contributed by atoms with Gasteiger partial charge in [-0.15, -0.1) is 0 Å². The number of fused-ring (bicyclic) bond motifs is 1. The largest absolute Gasteiger partial charge is 0.442 e. The number of amides is 1. The number of rotatable bonds is 0. The van der Waals surface area contributed by atoms with Gasteiger partial charge in [0.15, 0.2) is 11.5 Å². The first-order valence-corrected chi connectivity index (χ1v) is 5.06. The molecule has 1 N–H and O–H groups in total. The van der Waals surface area contributed by atoms with Crippen molar-refractivity contribution in [1.82, 2.24) is 10.3 Å². The number of hydrogen-bond acceptors (Lipinski definition) is 3. The fraction of sp³-hybridized carbons (Fsp3) is 0.636. The highest BCUT2D eigenvalue weighted by atomic mass is 16.4. The van der Waals surface area contributed by atoms with E-state index < -0.39 is 5.54 Å². The van der Waals surface area contributed by atoms with Crippen molar-refractivity contribution in [1.29, 1.82) is 0 Å². The third-order valence-electron chi connectivity index (χ3n) is 2.48. The van der Waals surface area contributed by atoms with E-state index >= 15 is 0 Å². The predicted octanol–water partition coefficient (Wildman–Crippen LogP) is 1.95. The second kappa shape index (κ2) is 2.62. The summed E-state index contributed by atoms with van der Waals surface area (Å²) in [6.45, 7) is 9.86. The van der Waals surface area contributed by atoms with Crippen LogP contribution in [0.3, 0.4) is 0 Å². The van der Waals surface area contributed by atoms with E-state index in [9.17, 15) is 4.79 Å². The maximum absolute atomic E-state index is 11.6. The first kappa shape index (κ1) is 10.2. The van der Waals surface area contributed by atoms with E-state index in [1.54, 1.807) is 0 Å². The van der Waals surface area contributed by atoms with Gasteiger partial charge in [0.2, 0.25) is 5.89 Å². The average Bonchev–Trinajstić information content (AvgIpc) is 2.51. The van der Waals surface area contributed by atoms with Crippen molar-refractivity contribution < 1.29 is 9.21 Å². The van der Waals surface area contributed by atoms with Crippen LogP contribution in [0.4, 0.5) is 0 Å². The molecule has 1 aliphatic heterocycles. The van der Waals surface area contributed by atoms with Gasteiger partial charge >= 0.3 is 0 Å². The third kappa shape index (κ3) is 1.44. The van der Waals surface area contributed by atoms with Crippen molar-refractivity contribution in [3.63, 3.8) is 0 Å². The van der Waals surface area contributed by atoms with E-state index in [4.69, 9.17) is 4.42 Å². The third-order valence-corrected chi connectivity index (χ3v) is 2.48. The smallest absolute Gasteiger partial charge is 0.274 e. The Balaban J connectivity index is 2.55. The molecule has 0 fully saturated rings. The number of hydrogen-bond donors (Lipinski definition) is 1. The van der Waals surface area contributed by atoms with Crippen LogP contribution in [0.2, 0.25) is 0 Å². The zero-order valence-electron chi connectivity index (χ0n) is 9.76.